The molecule has 90 valence electrons. The lowest BCUT2D eigenvalue weighted by atomic mass is 10.1. The molecule has 0 aliphatic carbocycles. The van der Waals surface area contributed by atoms with E-state index in [9.17, 15) is 4.79 Å². The lowest BCUT2D eigenvalue weighted by Crippen LogP contribution is -2.48. The van der Waals surface area contributed by atoms with E-state index in [-0.39, 0.29) is 23.5 Å². The van der Waals surface area contributed by atoms with Crippen molar-refractivity contribution >= 4 is 5.91 Å². The van der Waals surface area contributed by atoms with Crippen molar-refractivity contribution in [3.05, 3.63) is 0 Å². The third-order valence-electron chi connectivity index (χ3n) is 2.88. The third kappa shape index (κ3) is 3.21. The first-order valence-electron chi connectivity index (χ1n) is 5.81. The number of carbonyl (C=O) groups excluding carboxylic acids is 1. The van der Waals surface area contributed by atoms with Crippen molar-refractivity contribution in [2.75, 3.05) is 6.54 Å². The fraction of sp³-hybridized carbons (Fsp3) is 0.833. The predicted octanol–water partition coefficient (Wildman–Crippen LogP) is 1.28. The van der Waals surface area contributed by atoms with Crippen molar-refractivity contribution < 1.29 is 4.79 Å². The zero-order chi connectivity index (χ0) is 12.3. The lowest BCUT2D eigenvalue weighted by Gasteiger charge is -2.27. The van der Waals surface area contributed by atoms with Gasteiger partial charge in [-0.1, -0.05) is 0 Å². The number of carbonyl (C=O) groups is 1. The van der Waals surface area contributed by atoms with Crippen LogP contribution in [-0.2, 0) is 4.79 Å². The molecule has 0 spiro atoms. The van der Waals surface area contributed by atoms with E-state index in [1.54, 1.807) is 4.90 Å². The molecule has 0 aromatic carbocycles. The summed E-state index contributed by atoms with van der Waals surface area (Å²) in [6.45, 7) is 8.39. The van der Waals surface area contributed by atoms with Gasteiger partial charge in [0.15, 0.2) is 0 Å². The summed E-state index contributed by atoms with van der Waals surface area (Å²) in [5, 5.41) is 12.1. The minimum atomic E-state index is -0.232. The van der Waals surface area contributed by atoms with Crippen LogP contribution in [0.15, 0.2) is 0 Å². The van der Waals surface area contributed by atoms with E-state index >= 15 is 0 Å². The van der Waals surface area contributed by atoms with Crippen LogP contribution < -0.4 is 5.32 Å². The number of amides is 1. The molecule has 0 unspecified atom stereocenters. The first kappa shape index (κ1) is 13.0. The fourth-order valence-electron chi connectivity index (χ4n) is 1.96. The number of hydrogen-bond acceptors (Lipinski definition) is 3. The summed E-state index contributed by atoms with van der Waals surface area (Å²) in [6, 6.07) is 2.16. The molecule has 4 nitrogen and oxygen atoms in total. The van der Waals surface area contributed by atoms with Crippen LogP contribution in [0.25, 0.3) is 0 Å². The van der Waals surface area contributed by atoms with Crippen molar-refractivity contribution in [1.82, 2.24) is 10.2 Å². The van der Waals surface area contributed by atoms with Gasteiger partial charge in [0.2, 0.25) is 5.91 Å². The molecule has 16 heavy (non-hydrogen) atoms. The smallest absolute Gasteiger partial charge is 0.237 e. The molecule has 1 aliphatic heterocycles. The molecule has 1 heterocycles. The SMILES string of the molecule is C[C@H]1CC[C@@H](C#N)N1C(=O)CNC(C)(C)C. The molecule has 0 aromatic rings. The normalized spacial score (nSPS) is 25.6. The van der Waals surface area contributed by atoms with E-state index < -0.39 is 0 Å². The van der Waals surface area contributed by atoms with Crippen LogP contribution in [0.1, 0.15) is 40.5 Å². The van der Waals surface area contributed by atoms with Crippen molar-refractivity contribution in [2.24, 2.45) is 0 Å². The fourth-order valence-corrected chi connectivity index (χ4v) is 1.96. The maximum Gasteiger partial charge on any atom is 0.237 e. The van der Waals surface area contributed by atoms with Gasteiger partial charge in [0.05, 0.1) is 12.6 Å². The van der Waals surface area contributed by atoms with Gasteiger partial charge in [-0.2, -0.15) is 5.26 Å². The summed E-state index contributed by atoms with van der Waals surface area (Å²) in [6.07, 6.45) is 1.73. The second-order valence-electron chi connectivity index (χ2n) is 5.48. The Morgan fingerprint density at radius 1 is 1.50 bits per heavy atom. The minimum absolute atomic E-state index is 0.0338. The molecule has 1 aliphatic rings. The maximum absolute atomic E-state index is 12.0. The summed E-state index contributed by atoms with van der Waals surface area (Å²) in [5.74, 6) is 0.0338. The van der Waals surface area contributed by atoms with Crippen LogP contribution >= 0.6 is 0 Å². The van der Waals surface area contributed by atoms with Gasteiger partial charge in [-0.05, 0) is 40.5 Å². The van der Waals surface area contributed by atoms with E-state index in [0.717, 1.165) is 12.8 Å². The number of rotatable bonds is 2. The largest absolute Gasteiger partial charge is 0.323 e. The van der Waals surface area contributed by atoms with Gasteiger partial charge in [-0.15, -0.1) is 0 Å². The zero-order valence-electron chi connectivity index (χ0n) is 10.6. The molecule has 1 fully saturated rings. The highest BCUT2D eigenvalue weighted by Crippen LogP contribution is 2.23. The number of nitriles is 1. The Balaban J connectivity index is 2.56. The predicted molar refractivity (Wildman–Crippen MR) is 62.7 cm³/mol. The van der Waals surface area contributed by atoms with E-state index in [1.165, 1.54) is 0 Å². The molecule has 0 aromatic heterocycles. The molecule has 1 saturated heterocycles. The Morgan fingerprint density at radius 2 is 2.12 bits per heavy atom. The molecule has 2 atom stereocenters. The average Bonchev–Trinajstić information content (AvgIpc) is 2.55. The first-order valence-corrected chi connectivity index (χ1v) is 5.81. The average molecular weight is 223 g/mol. The van der Waals surface area contributed by atoms with Gasteiger partial charge in [0.25, 0.3) is 0 Å². The highest BCUT2D eigenvalue weighted by atomic mass is 16.2. The lowest BCUT2D eigenvalue weighted by molar-refractivity contribution is -0.132. The maximum atomic E-state index is 12.0. The molecule has 0 saturated carbocycles. The summed E-state index contributed by atoms with van der Waals surface area (Å²) in [4.78, 5) is 13.7. The molecule has 4 heteroatoms. The van der Waals surface area contributed by atoms with Gasteiger partial charge in [-0.3, -0.25) is 4.79 Å². The van der Waals surface area contributed by atoms with Crippen molar-refractivity contribution in [1.29, 1.82) is 5.26 Å². The van der Waals surface area contributed by atoms with Crippen LogP contribution in [0.5, 0.6) is 0 Å². The van der Waals surface area contributed by atoms with Crippen LogP contribution in [-0.4, -0.2) is 35.0 Å². The Labute approximate surface area is 97.6 Å². The van der Waals surface area contributed by atoms with Gasteiger partial charge in [0.1, 0.15) is 6.04 Å². The van der Waals surface area contributed by atoms with E-state index in [4.69, 9.17) is 5.26 Å². The Morgan fingerprint density at radius 3 is 2.62 bits per heavy atom. The van der Waals surface area contributed by atoms with Crippen molar-refractivity contribution in [3.8, 4) is 6.07 Å². The zero-order valence-corrected chi connectivity index (χ0v) is 10.6. The second kappa shape index (κ2) is 4.84. The molecule has 0 bridgehead atoms. The topological polar surface area (TPSA) is 56.1 Å². The van der Waals surface area contributed by atoms with E-state index in [1.807, 2.05) is 27.7 Å². The molecular formula is C12H21N3O. The van der Waals surface area contributed by atoms with Crippen LogP contribution in [0.4, 0.5) is 0 Å². The molecule has 0 radical (unpaired) electrons. The standard InChI is InChI=1S/C12H21N3O/c1-9-5-6-10(7-13)15(9)11(16)8-14-12(2,3)4/h9-10,14H,5-6,8H2,1-4H3/t9-,10-/m0/s1. The number of hydrogen-bond donors (Lipinski definition) is 1. The number of nitrogens with one attached hydrogen (secondary N) is 1. The Hall–Kier alpha value is -1.08. The van der Waals surface area contributed by atoms with Crippen LogP contribution in [0.2, 0.25) is 0 Å². The van der Waals surface area contributed by atoms with E-state index in [0.29, 0.717) is 6.54 Å². The summed E-state index contributed by atoms with van der Waals surface area (Å²) >= 11 is 0. The van der Waals surface area contributed by atoms with Gasteiger partial charge in [0, 0.05) is 11.6 Å². The highest BCUT2D eigenvalue weighted by molar-refractivity contribution is 5.79. The van der Waals surface area contributed by atoms with Gasteiger partial charge < -0.3 is 10.2 Å². The summed E-state index contributed by atoms with van der Waals surface area (Å²) in [7, 11) is 0. The minimum Gasteiger partial charge on any atom is -0.323 e. The van der Waals surface area contributed by atoms with Crippen molar-refractivity contribution in [2.45, 2.75) is 58.2 Å². The highest BCUT2D eigenvalue weighted by Gasteiger charge is 2.34. The van der Waals surface area contributed by atoms with Crippen LogP contribution in [0, 0.1) is 11.3 Å². The van der Waals surface area contributed by atoms with E-state index in [2.05, 4.69) is 11.4 Å². The third-order valence-corrected chi connectivity index (χ3v) is 2.88. The second-order valence-corrected chi connectivity index (χ2v) is 5.48. The monoisotopic (exact) mass is 223 g/mol. The number of likely N-dealkylation sites (tertiary alicyclic amines) is 1. The summed E-state index contributed by atoms with van der Waals surface area (Å²) < 4.78 is 0. The van der Waals surface area contributed by atoms with Crippen molar-refractivity contribution in [3.63, 3.8) is 0 Å². The van der Waals surface area contributed by atoms with Gasteiger partial charge in [-0.25, -0.2) is 0 Å². The molecular weight excluding hydrogens is 202 g/mol. The number of nitrogens with zero attached hydrogens (tertiary/aromatic N) is 2. The molecule has 1 N–H and O–H groups in total. The quantitative estimate of drug-likeness (QED) is 0.767. The van der Waals surface area contributed by atoms with Gasteiger partial charge >= 0.3 is 0 Å². The molecule has 1 rings (SSSR count). The Kier molecular flexibility index (Phi) is 3.93. The summed E-state index contributed by atoms with van der Waals surface area (Å²) in [5.41, 5.74) is -0.0687. The first-order chi connectivity index (χ1) is 7.35. The van der Waals surface area contributed by atoms with Crippen LogP contribution in [0.3, 0.4) is 0 Å². The Bertz CT molecular complexity index is 300. The molecule has 1 amide bonds.